The normalized spacial score (nSPS) is 14.2. The highest BCUT2D eigenvalue weighted by molar-refractivity contribution is 5.51. The Balaban J connectivity index is 1.14. The van der Waals surface area contributed by atoms with Gasteiger partial charge in [0.25, 0.3) is 5.56 Å². The van der Waals surface area contributed by atoms with Crippen LogP contribution in [0.25, 0.3) is 0 Å². The SMILES string of the molecule is COc1ccc(Cn2ncc(NC(C)COCc3nnc(C4CN(c5ccc(C#N)nc5)C4)o3)c(C(F)(F)F)c2=O)cc1. The largest absolute Gasteiger partial charge is 0.497 e. The zero-order valence-corrected chi connectivity index (χ0v) is 23.2. The molecule has 0 saturated carbocycles. The summed E-state index contributed by atoms with van der Waals surface area (Å²) in [5.74, 6) is 1.30. The van der Waals surface area contributed by atoms with Gasteiger partial charge in [0, 0.05) is 19.1 Å². The Bertz CT molecular complexity index is 1640. The van der Waals surface area contributed by atoms with Crippen molar-refractivity contribution >= 4 is 11.4 Å². The Morgan fingerprint density at radius 3 is 2.58 bits per heavy atom. The first-order valence-electron chi connectivity index (χ1n) is 13.2. The molecule has 43 heavy (non-hydrogen) atoms. The fourth-order valence-corrected chi connectivity index (χ4v) is 4.49. The van der Waals surface area contributed by atoms with Crippen molar-refractivity contribution in [3.05, 3.63) is 87.7 Å². The average molecular weight is 597 g/mol. The second kappa shape index (κ2) is 12.5. The van der Waals surface area contributed by atoms with Gasteiger partial charge in [-0.1, -0.05) is 12.1 Å². The number of pyridine rings is 1. The molecule has 5 rings (SSSR count). The van der Waals surface area contributed by atoms with Crippen molar-refractivity contribution in [3.63, 3.8) is 0 Å². The van der Waals surface area contributed by atoms with Crippen molar-refractivity contribution in [1.82, 2.24) is 25.0 Å². The molecule has 15 heteroatoms. The van der Waals surface area contributed by atoms with E-state index in [0.717, 1.165) is 16.6 Å². The van der Waals surface area contributed by atoms with Gasteiger partial charge in [-0.2, -0.15) is 23.5 Å². The Morgan fingerprint density at radius 2 is 1.93 bits per heavy atom. The van der Waals surface area contributed by atoms with Crippen LogP contribution in [-0.2, 0) is 24.1 Å². The van der Waals surface area contributed by atoms with E-state index in [2.05, 4.69) is 30.5 Å². The minimum absolute atomic E-state index is 0.00710. The zero-order chi connectivity index (χ0) is 30.6. The van der Waals surface area contributed by atoms with E-state index in [9.17, 15) is 18.0 Å². The predicted molar refractivity (Wildman–Crippen MR) is 147 cm³/mol. The van der Waals surface area contributed by atoms with E-state index in [4.69, 9.17) is 19.2 Å². The molecule has 0 radical (unpaired) electrons. The van der Waals surface area contributed by atoms with E-state index in [1.165, 1.54) is 7.11 Å². The van der Waals surface area contributed by atoms with Crippen LogP contribution in [0.2, 0.25) is 0 Å². The molecule has 1 fully saturated rings. The number of nitrogens with one attached hydrogen (secondary N) is 1. The van der Waals surface area contributed by atoms with E-state index in [0.29, 0.717) is 36.0 Å². The first-order valence-corrected chi connectivity index (χ1v) is 13.2. The first-order chi connectivity index (χ1) is 20.6. The van der Waals surface area contributed by atoms with Crippen molar-refractivity contribution < 1.29 is 27.1 Å². The molecule has 4 heterocycles. The monoisotopic (exact) mass is 596 g/mol. The smallest absolute Gasteiger partial charge is 0.423 e. The molecule has 1 N–H and O–H groups in total. The fraction of sp³-hybridized carbons (Fsp3) is 0.357. The Kier molecular flexibility index (Phi) is 8.58. The van der Waals surface area contributed by atoms with E-state index >= 15 is 0 Å². The summed E-state index contributed by atoms with van der Waals surface area (Å²) in [7, 11) is 1.50. The van der Waals surface area contributed by atoms with Crippen LogP contribution in [0, 0.1) is 11.3 Å². The molecule has 3 aromatic heterocycles. The molecule has 12 nitrogen and oxygen atoms in total. The summed E-state index contributed by atoms with van der Waals surface area (Å²) >= 11 is 0. The number of benzene rings is 1. The third-order valence-electron chi connectivity index (χ3n) is 6.75. The van der Waals surface area contributed by atoms with Gasteiger partial charge in [0.15, 0.2) is 0 Å². The van der Waals surface area contributed by atoms with Gasteiger partial charge in [0.2, 0.25) is 11.8 Å². The van der Waals surface area contributed by atoms with E-state index in [1.54, 1.807) is 43.5 Å². The van der Waals surface area contributed by atoms with Crippen molar-refractivity contribution in [2.75, 3.05) is 37.0 Å². The third-order valence-corrected chi connectivity index (χ3v) is 6.75. The van der Waals surface area contributed by atoms with Gasteiger partial charge in [-0.3, -0.25) is 4.79 Å². The maximum absolute atomic E-state index is 13.9. The summed E-state index contributed by atoms with van der Waals surface area (Å²) in [6, 6.07) is 11.4. The van der Waals surface area contributed by atoms with Crippen molar-refractivity contribution in [1.29, 1.82) is 5.26 Å². The van der Waals surface area contributed by atoms with Crippen LogP contribution < -0.4 is 20.5 Å². The highest BCUT2D eigenvalue weighted by Gasteiger charge is 2.38. The summed E-state index contributed by atoms with van der Waals surface area (Å²) in [5, 5.41) is 23.6. The number of hydrogen-bond acceptors (Lipinski definition) is 11. The van der Waals surface area contributed by atoms with E-state index in [-0.39, 0.29) is 31.6 Å². The number of anilines is 2. The maximum atomic E-state index is 13.9. The van der Waals surface area contributed by atoms with Crippen LogP contribution in [-0.4, -0.2) is 57.8 Å². The molecule has 1 aliphatic heterocycles. The Morgan fingerprint density at radius 1 is 1.16 bits per heavy atom. The van der Waals surface area contributed by atoms with Crippen LogP contribution in [0.4, 0.5) is 24.5 Å². The number of nitriles is 1. The summed E-state index contributed by atoms with van der Waals surface area (Å²) in [6.45, 7) is 2.72. The van der Waals surface area contributed by atoms with Crippen LogP contribution in [0.15, 0.2) is 58.0 Å². The molecule has 0 spiro atoms. The number of hydrogen-bond donors (Lipinski definition) is 1. The number of aromatic nitrogens is 5. The summed E-state index contributed by atoms with van der Waals surface area (Å²) in [4.78, 5) is 18.9. The molecule has 1 aliphatic rings. The summed E-state index contributed by atoms with van der Waals surface area (Å²) in [5.41, 5.74) is -1.21. The van der Waals surface area contributed by atoms with Gasteiger partial charge in [-0.05, 0) is 36.8 Å². The lowest BCUT2D eigenvalue weighted by Gasteiger charge is -2.38. The standard InChI is InChI=1S/C28H27F3N8O4/c1-17(15-42-16-24-36-37-26(43-24)19-13-38(14-19)21-6-5-20(9-32)33-10-21)35-23-11-34-39(27(40)25(23)28(29,30)31)12-18-3-7-22(41-2)8-4-18/h3-8,10-11,17,19,35H,12-16H2,1-2H3. The number of ether oxygens (including phenoxy) is 2. The molecule has 4 aromatic rings. The molecule has 1 saturated heterocycles. The first kappa shape index (κ1) is 29.5. The molecule has 1 aromatic carbocycles. The molecular weight excluding hydrogens is 569 g/mol. The van der Waals surface area contributed by atoms with Gasteiger partial charge >= 0.3 is 6.18 Å². The maximum Gasteiger partial charge on any atom is 0.423 e. The number of nitrogens with zero attached hydrogens (tertiary/aromatic N) is 7. The molecule has 1 unspecified atom stereocenters. The molecule has 0 aliphatic carbocycles. The van der Waals surface area contributed by atoms with Crippen LogP contribution >= 0.6 is 0 Å². The van der Waals surface area contributed by atoms with Crippen LogP contribution in [0.1, 0.15) is 41.4 Å². The lowest BCUT2D eigenvalue weighted by molar-refractivity contribution is -0.138. The second-order valence-corrected chi connectivity index (χ2v) is 9.95. The lowest BCUT2D eigenvalue weighted by Crippen LogP contribution is -2.45. The topological polar surface area (TPSA) is 144 Å². The van der Waals surface area contributed by atoms with Gasteiger partial charge in [-0.15, -0.1) is 10.2 Å². The van der Waals surface area contributed by atoms with Gasteiger partial charge in [-0.25, -0.2) is 9.67 Å². The number of methoxy groups -OCH3 is 1. The van der Waals surface area contributed by atoms with Crippen molar-refractivity contribution in [3.8, 4) is 11.8 Å². The zero-order valence-electron chi connectivity index (χ0n) is 23.2. The Hall–Kier alpha value is -4.97. The van der Waals surface area contributed by atoms with Gasteiger partial charge in [0.1, 0.15) is 29.7 Å². The predicted octanol–water partition coefficient (Wildman–Crippen LogP) is 3.59. The molecule has 0 amide bonds. The van der Waals surface area contributed by atoms with Crippen LogP contribution in [0.5, 0.6) is 5.75 Å². The van der Waals surface area contributed by atoms with E-state index < -0.39 is 29.0 Å². The molecular formula is C28H27F3N8O4. The third kappa shape index (κ3) is 6.92. The number of alkyl halides is 3. The fourth-order valence-electron chi connectivity index (χ4n) is 4.49. The summed E-state index contributed by atoms with van der Waals surface area (Å²) in [6.07, 6.45) is -2.28. The van der Waals surface area contributed by atoms with E-state index in [1.807, 2.05) is 12.1 Å². The van der Waals surface area contributed by atoms with Crippen molar-refractivity contribution in [2.45, 2.75) is 38.2 Å². The van der Waals surface area contributed by atoms with Crippen molar-refractivity contribution in [2.24, 2.45) is 0 Å². The summed E-state index contributed by atoms with van der Waals surface area (Å²) < 4.78 is 58.9. The minimum Gasteiger partial charge on any atom is -0.497 e. The number of rotatable bonds is 11. The second-order valence-electron chi connectivity index (χ2n) is 9.95. The van der Waals surface area contributed by atoms with Gasteiger partial charge in [0.05, 0.1) is 49.9 Å². The van der Waals surface area contributed by atoms with Crippen LogP contribution in [0.3, 0.4) is 0 Å². The number of halogens is 3. The minimum atomic E-state index is -4.90. The molecule has 224 valence electrons. The quantitative estimate of drug-likeness (QED) is 0.271. The highest BCUT2D eigenvalue weighted by atomic mass is 19.4. The lowest BCUT2D eigenvalue weighted by atomic mass is 9.99. The Labute approximate surface area is 243 Å². The molecule has 0 bridgehead atoms. The molecule has 1 atom stereocenters. The average Bonchev–Trinajstić information content (AvgIpc) is 3.42. The highest BCUT2D eigenvalue weighted by Crippen LogP contribution is 2.32. The van der Waals surface area contributed by atoms with Gasteiger partial charge < -0.3 is 24.1 Å².